The standard InChI is InChI=1S/C10H10FN3O2/c11-6-3-7(5-13-4-6)14-8(10(12)16)1-2-9(14)15/h3-5,8H,1-2H2,(H2,12,16). The molecule has 16 heavy (non-hydrogen) atoms. The number of nitrogens with two attached hydrogens (primary N) is 1. The van der Waals surface area contributed by atoms with E-state index in [1.165, 1.54) is 11.1 Å². The van der Waals surface area contributed by atoms with E-state index in [0.29, 0.717) is 6.42 Å². The van der Waals surface area contributed by atoms with Gasteiger partial charge in [0.2, 0.25) is 11.8 Å². The van der Waals surface area contributed by atoms with E-state index in [4.69, 9.17) is 5.73 Å². The van der Waals surface area contributed by atoms with Gasteiger partial charge in [-0.25, -0.2) is 4.39 Å². The second-order valence-electron chi connectivity index (χ2n) is 3.58. The first-order valence-corrected chi connectivity index (χ1v) is 4.81. The Bertz CT molecular complexity index is 449. The molecule has 0 aromatic carbocycles. The van der Waals surface area contributed by atoms with Gasteiger partial charge >= 0.3 is 0 Å². The van der Waals surface area contributed by atoms with Crippen LogP contribution in [0, 0.1) is 5.82 Å². The number of anilines is 1. The zero-order valence-electron chi connectivity index (χ0n) is 8.39. The van der Waals surface area contributed by atoms with Gasteiger partial charge in [0.25, 0.3) is 0 Å². The van der Waals surface area contributed by atoms with Gasteiger partial charge in [0.15, 0.2) is 0 Å². The molecule has 2 N–H and O–H groups in total. The molecule has 2 heterocycles. The third kappa shape index (κ3) is 1.73. The first-order valence-electron chi connectivity index (χ1n) is 4.81. The molecule has 6 heteroatoms. The Kier molecular flexibility index (Phi) is 2.55. The van der Waals surface area contributed by atoms with Crippen molar-refractivity contribution in [2.75, 3.05) is 4.90 Å². The third-order valence-corrected chi connectivity index (χ3v) is 2.51. The van der Waals surface area contributed by atoms with Crippen molar-refractivity contribution < 1.29 is 14.0 Å². The Hall–Kier alpha value is -1.98. The van der Waals surface area contributed by atoms with Crippen LogP contribution >= 0.6 is 0 Å². The van der Waals surface area contributed by atoms with Crippen molar-refractivity contribution >= 4 is 17.5 Å². The number of primary amides is 1. The smallest absolute Gasteiger partial charge is 0.240 e. The third-order valence-electron chi connectivity index (χ3n) is 2.51. The summed E-state index contributed by atoms with van der Waals surface area (Å²) in [7, 11) is 0. The molecule has 1 unspecified atom stereocenters. The normalized spacial score (nSPS) is 20.2. The molecule has 0 spiro atoms. The van der Waals surface area contributed by atoms with Gasteiger partial charge in [-0.3, -0.25) is 19.5 Å². The number of carbonyl (C=O) groups is 2. The number of carbonyl (C=O) groups excluding carboxylic acids is 2. The summed E-state index contributed by atoms with van der Waals surface area (Å²) in [6.45, 7) is 0. The summed E-state index contributed by atoms with van der Waals surface area (Å²) in [5, 5.41) is 0. The molecule has 1 saturated heterocycles. The van der Waals surface area contributed by atoms with E-state index >= 15 is 0 Å². The maximum Gasteiger partial charge on any atom is 0.240 e. The molecule has 5 nitrogen and oxygen atoms in total. The van der Waals surface area contributed by atoms with Crippen LogP contribution in [0.4, 0.5) is 10.1 Å². The van der Waals surface area contributed by atoms with E-state index in [1.807, 2.05) is 0 Å². The topological polar surface area (TPSA) is 76.3 Å². The molecule has 0 aliphatic carbocycles. The summed E-state index contributed by atoms with van der Waals surface area (Å²) in [6, 6.07) is 0.461. The molecular weight excluding hydrogens is 213 g/mol. The van der Waals surface area contributed by atoms with Crippen molar-refractivity contribution in [2.24, 2.45) is 5.73 Å². The fourth-order valence-electron chi connectivity index (χ4n) is 1.81. The van der Waals surface area contributed by atoms with E-state index in [2.05, 4.69) is 4.98 Å². The van der Waals surface area contributed by atoms with Crippen LogP contribution in [0.25, 0.3) is 0 Å². The predicted octanol–water partition coefficient (Wildman–Crippen LogP) is 0.201. The minimum atomic E-state index is -0.698. The molecule has 0 saturated carbocycles. The van der Waals surface area contributed by atoms with Crippen molar-refractivity contribution in [1.29, 1.82) is 0 Å². The number of nitrogens with zero attached hydrogens (tertiary/aromatic N) is 2. The van der Waals surface area contributed by atoms with Crippen molar-refractivity contribution in [1.82, 2.24) is 4.98 Å². The van der Waals surface area contributed by atoms with Crippen LogP contribution in [-0.4, -0.2) is 22.8 Å². The van der Waals surface area contributed by atoms with E-state index in [9.17, 15) is 14.0 Å². The molecule has 1 atom stereocenters. The quantitative estimate of drug-likeness (QED) is 0.778. The van der Waals surface area contributed by atoms with Gasteiger partial charge in [0.1, 0.15) is 11.9 Å². The Labute approximate surface area is 91.1 Å². The van der Waals surface area contributed by atoms with Gasteiger partial charge in [0.05, 0.1) is 18.1 Å². The van der Waals surface area contributed by atoms with Gasteiger partial charge in [-0.05, 0) is 6.42 Å². The molecule has 1 aliphatic rings. The Morgan fingerprint density at radius 3 is 2.94 bits per heavy atom. The van der Waals surface area contributed by atoms with E-state index < -0.39 is 17.8 Å². The number of rotatable bonds is 2. The molecule has 1 fully saturated rings. The maximum atomic E-state index is 13.0. The summed E-state index contributed by atoms with van der Waals surface area (Å²) in [4.78, 5) is 27.5. The molecule has 2 amide bonds. The zero-order chi connectivity index (χ0) is 11.7. The molecule has 84 valence electrons. The van der Waals surface area contributed by atoms with Crippen LogP contribution in [-0.2, 0) is 9.59 Å². The zero-order valence-corrected chi connectivity index (χ0v) is 8.39. The highest BCUT2D eigenvalue weighted by Crippen LogP contribution is 2.26. The molecule has 1 aromatic rings. The lowest BCUT2D eigenvalue weighted by Gasteiger charge is -2.21. The van der Waals surface area contributed by atoms with Crippen molar-refractivity contribution in [3.63, 3.8) is 0 Å². The second kappa shape index (κ2) is 3.88. The Morgan fingerprint density at radius 2 is 2.31 bits per heavy atom. The summed E-state index contributed by atoms with van der Waals surface area (Å²) >= 11 is 0. The van der Waals surface area contributed by atoms with E-state index in [-0.39, 0.29) is 18.0 Å². The van der Waals surface area contributed by atoms with Crippen LogP contribution in [0.5, 0.6) is 0 Å². The van der Waals surface area contributed by atoms with E-state index in [0.717, 1.165) is 12.3 Å². The van der Waals surface area contributed by atoms with Crippen LogP contribution in [0.2, 0.25) is 0 Å². The average molecular weight is 223 g/mol. The second-order valence-corrected chi connectivity index (χ2v) is 3.58. The lowest BCUT2D eigenvalue weighted by Crippen LogP contribution is -2.42. The van der Waals surface area contributed by atoms with Gasteiger partial charge in [0, 0.05) is 12.5 Å². The van der Waals surface area contributed by atoms with Crippen molar-refractivity contribution in [2.45, 2.75) is 18.9 Å². The van der Waals surface area contributed by atoms with Crippen LogP contribution in [0.3, 0.4) is 0 Å². The SMILES string of the molecule is NC(=O)C1CCC(=O)N1c1cncc(F)c1. The van der Waals surface area contributed by atoms with Crippen molar-refractivity contribution in [3.05, 3.63) is 24.3 Å². The number of hydrogen-bond donors (Lipinski definition) is 1. The van der Waals surface area contributed by atoms with Crippen LogP contribution in [0.15, 0.2) is 18.5 Å². The Balaban J connectivity index is 2.37. The summed E-state index contributed by atoms with van der Waals surface area (Å²) in [5.41, 5.74) is 5.45. The highest BCUT2D eigenvalue weighted by Gasteiger charge is 2.36. The van der Waals surface area contributed by atoms with E-state index in [1.54, 1.807) is 0 Å². The number of amides is 2. The molecule has 1 aromatic heterocycles. The molecule has 0 bridgehead atoms. The largest absolute Gasteiger partial charge is 0.368 e. The molecular formula is C10H10FN3O2. The maximum absolute atomic E-state index is 13.0. The van der Waals surface area contributed by atoms with Gasteiger partial charge in [-0.1, -0.05) is 0 Å². The predicted molar refractivity (Wildman–Crippen MR) is 53.9 cm³/mol. The first-order chi connectivity index (χ1) is 7.59. The lowest BCUT2D eigenvalue weighted by molar-refractivity contribution is -0.121. The Morgan fingerprint density at radius 1 is 1.56 bits per heavy atom. The number of pyridine rings is 1. The highest BCUT2D eigenvalue weighted by atomic mass is 19.1. The van der Waals surface area contributed by atoms with Gasteiger partial charge in [-0.2, -0.15) is 0 Å². The summed E-state index contributed by atoms with van der Waals surface area (Å²) < 4.78 is 13.0. The highest BCUT2D eigenvalue weighted by molar-refractivity contribution is 6.03. The van der Waals surface area contributed by atoms with Crippen molar-refractivity contribution in [3.8, 4) is 0 Å². The fraction of sp³-hybridized carbons (Fsp3) is 0.300. The monoisotopic (exact) mass is 223 g/mol. The number of aromatic nitrogens is 1. The van der Waals surface area contributed by atoms with Crippen LogP contribution < -0.4 is 10.6 Å². The minimum absolute atomic E-state index is 0.240. The molecule has 0 radical (unpaired) electrons. The number of halogens is 1. The van der Waals surface area contributed by atoms with Crippen LogP contribution in [0.1, 0.15) is 12.8 Å². The number of hydrogen-bond acceptors (Lipinski definition) is 3. The lowest BCUT2D eigenvalue weighted by atomic mass is 10.2. The molecule has 2 rings (SSSR count). The average Bonchev–Trinajstić information content (AvgIpc) is 2.60. The minimum Gasteiger partial charge on any atom is -0.368 e. The first kappa shape index (κ1) is 10.5. The summed E-state index contributed by atoms with van der Waals surface area (Å²) in [5.74, 6) is -1.38. The van der Waals surface area contributed by atoms with Gasteiger partial charge < -0.3 is 5.73 Å². The molecule has 1 aliphatic heterocycles. The summed E-state index contributed by atoms with van der Waals surface area (Å²) in [6.07, 6.45) is 2.97. The fourth-order valence-corrected chi connectivity index (χ4v) is 1.81. The van der Waals surface area contributed by atoms with Gasteiger partial charge in [-0.15, -0.1) is 0 Å².